The first-order valence-corrected chi connectivity index (χ1v) is 12.1. The van der Waals surface area contributed by atoms with E-state index >= 15 is 0 Å². The monoisotopic (exact) mass is 466 g/mol. The molecule has 0 spiro atoms. The molecule has 1 atom stereocenters. The van der Waals surface area contributed by atoms with E-state index in [9.17, 15) is 9.59 Å². The van der Waals surface area contributed by atoms with E-state index in [1.54, 1.807) is 11.1 Å². The van der Waals surface area contributed by atoms with Gasteiger partial charge in [-0.05, 0) is 59.4 Å². The summed E-state index contributed by atoms with van der Waals surface area (Å²) in [6.45, 7) is 0.544. The van der Waals surface area contributed by atoms with E-state index in [1.165, 1.54) is 16.3 Å². The molecule has 1 saturated heterocycles. The zero-order chi connectivity index (χ0) is 24.3. The number of nitrogens with zero attached hydrogens (tertiary/aromatic N) is 3. The molecule has 6 heteroatoms. The van der Waals surface area contributed by atoms with Gasteiger partial charge in [0, 0.05) is 44.4 Å². The Hall–Kier alpha value is -3.93. The third kappa shape index (κ3) is 5.27. The van der Waals surface area contributed by atoms with Crippen LogP contribution in [0.3, 0.4) is 0 Å². The van der Waals surface area contributed by atoms with Gasteiger partial charge in [-0.2, -0.15) is 5.10 Å². The summed E-state index contributed by atoms with van der Waals surface area (Å²) < 4.78 is 1.81. The van der Waals surface area contributed by atoms with Crippen LogP contribution in [0, 0.1) is 0 Å². The summed E-state index contributed by atoms with van der Waals surface area (Å²) in [5, 5.41) is 9.85. The van der Waals surface area contributed by atoms with E-state index in [-0.39, 0.29) is 17.4 Å². The summed E-state index contributed by atoms with van der Waals surface area (Å²) in [5.41, 5.74) is 2.86. The van der Waals surface area contributed by atoms with Crippen LogP contribution in [-0.2, 0) is 22.6 Å². The zero-order valence-corrected chi connectivity index (χ0v) is 20.0. The molecule has 1 aliphatic rings. The average molecular weight is 467 g/mol. The summed E-state index contributed by atoms with van der Waals surface area (Å²) in [6, 6.07) is 24.7. The van der Waals surface area contributed by atoms with Gasteiger partial charge < -0.3 is 10.2 Å². The largest absolute Gasteiger partial charge is 0.350 e. The number of rotatable bonds is 8. The maximum absolute atomic E-state index is 13.0. The molecule has 6 nitrogen and oxygen atoms in total. The molecule has 3 aromatic carbocycles. The standard InChI is InChI=1S/C29H30N4O2/c1-32(21-22-8-11-26(12-9-22)33-18-4-17-30-33)28(35)14-16-29(15-13-27(34)31-29)20-23-7-10-24-5-2-3-6-25(24)19-23/h2-12,17-19H,13-16,20-21H2,1H3,(H,31,34). The number of carbonyl (C=O) groups is 2. The Morgan fingerprint density at radius 3 is 2.51 bits per heavy atom. The molecule has 1 aliphatic heterocycles. The smallest absolute Gasteiger partial charge is 0.222 e. The van der Waals surface area contributed by atoms with E-state index in [0.717, 1.165) is 24.1 Å². The lowest BCUT2D eigenvalue weighted by Crippen LogP contribution is -2.44. The second-order valence-corrected chi connectivity index (χ2v) is 9.55. The molecule has 178 valence electrons. The molecule has 0 aliphatic carbocycles. The molecule has 0 radical (unpaired) electrons. The number of benzene rings is 3. The molecule has 4 aromatic rings. The van der Waals surface area contributed by atoms with Gasteiger partial charge in [-0.1, -0.05) is 54.6 Å². The van der Waals surface area contributed by atoms with E-state index in [2.05, 4.69) is 40.7 Å². The number of fused-ring (bicyclic) bond motifs is 1. The minimum absolute atomic E-state index is 0.0730. The van der Waals surface area contributed by atoms with Gasteiger partial charge in [-0.3, -0.25) is 9.59 Å². The molecular weight excluding hydrogens is 436 g/mol. The number of aromatic nitrogens is 2. The van der Waals surface area contributed by atoms with Crippen LogP contribution in [-0.4, -0.2) is 39.1 Å². The molecule has 1 aromatic heterocycles. The van der Waals surface area contributed by atoms with Crippen molar-refractivity contribution in [2.45, 2.75) is 44.2 Å². The normalized spacial score (nSPS) is 17.5. The molecule has 1 unspecified atom stereocenters. The average Bonchev–Trinajstić information content (AvgIpc) is 3.53. The first kappa shape index (κ1) is 22.8. The Balaban J connectivity index is 1.22. The van der Waals surface area contributed by atoms with Gasteiger partial charge in [-0.15, -0.1) is 0 Å². The van der Waals surface area contributed by atoms with E-state index in [1.807, 2.05) is 60.4 Å². The first-order valence-electron chi connectivity index (χ1n) is 12.1. The third-order valence-electron chi connectivity index (χ3n) is 6.96. The van der Waals surface area contributed by atoms with E-state index in [4.69, 9.17) is 0 Å². The van der Waals surface area contributed by atoms with Gasteiger partial charge in [0.15, 0.2) is 0 Å². The van der Waals surface area contributed by atoms with Crippen molar-refractivity contribution in [2.75, 3.05) is 7.05 Å². The quantitative estimate of drug-likeness (QED) is 0.411. The highest BCUT2D eigenvalue weighted by Crippen LogP contribution is 2.31. The fraction of sp³-hybridized carbons (Fsp3) is 0.276. The van der Waals surface area contributed by atoms with Crippen molar-refractivity contribution in [1.29, 1.82) is 0 Å². The van der Waals surface area contributed by atoms with Crippen LogP contribution in [0.4, 0.5) is 0 Å². The van der Waals surface area contributed by atoms with E-state index in [0.29, 0.717) is 25.8 Å². The predicted octanol–water partition coefficient (Wildman–Crippen LogP) is 4.66. The maximum atomic E-state index is 13.0. The lowest BCUT2D eigenvalue weighted by Gasteiger charge is -2.30. The molecule has 2 amide bonds. The van der Waals surface area contributed by atoms with Crippen molar-refractivity contribution in [3.05, 3.63) is 96.3 Å². The predicted molar refractivity (Wildman–Crippen MR) is 137 cm³/mol. The van der Waals surface area contributed by atoms with Crippen LogP contribution in [0.5, 0.6) is 0 Å². The molecule has 2 heterocycles. The Morgan fingerprint density at radius 2 is 1.80 bits per heavy atom. The van der Waals surface area contributed by atoms with Gasteiger partial charge in [0.05, 0.1) is 5.69 Å². The SMILES string of the molecule is CN(Cc1ccc(-n2cccn2)cc1)C(=O)CCC1(Cc2ccc3ccccc3c2)CCC(=O)N1. The maximum Gasteiger partial charge on any atom is 0.222 e. The van der Waals surface area contributed by atoms with Gasteiger partial charge in [-0.25, -0.2) is 4.68 Å². The molecule has 5 rings (SSSR count). The molecule has 0 bridgehead atoms. The van der Waals surface area contributed by atoms with Gasteiger partial charge in [0.25, 0.3) is 0 Å². The van der Waals surface area contributed by atoms with Crippen LogP contribution < -0.4 is 5.32 Å². The highest BCUT2D eigenvalue weighted by atomic mass is 16.2. The number of nitrogens with one attached hydrogen (secondary N) is 1. The van der Waals surface area contributed by atoms with E-state index < -0.39 is 0 Å². The van der Waals surface area contributed by atoms with Crippen LogP contribution in [0.1, 0.15) is 36.8 Å². The second-order valence-electron chi connectivity index (χ2n) is 9.55. The Bertz CT molecular complexity index is 1330. The lowest BCUT2D eigenvalue weighted by molar-refractivity contribution is -0.131. The number of amides is 2. The zero-order valence-electron chi connectivity index (χ0n) is 20.0. The van der Waals surface area contributed by atoms with Gasteiger partial charge in [0.1, 0.15) is 0 Å². The molecule has 35 heavy (non-hydrogen) atoms. The summed E-state index contributed by atoms with van der Waals surface area (Å²) >= 11 is 0. The Morgan fingerprint density at radius 1 is 1.03 bits per heavy atom. The molecule has 1 N–H and O–H groups in total. The van der Waals surface area contributed by atoms with Crippen molar-refractivity contribution < 1.29 is 9.59 Å². The Kier molecular flexibility index (Phi) is 6.36. The summed E-state index contributed by atoms with van der Waals surface area (Å²) in [4.78, 5) is 27.0. The third-order valence-corrected chi connectivity index (χ3v) is 6.96. The van der Waals surface area contributed by atoms with Crippen molar-refractivity contribution in [3.8, 4) is 5.69 Å². The van der Waals surface area contributed by atoms with Gasteiger partial charge in [0.2, 0.25) is 11.8 Å². The molecule has 1 fully saturated rings. The highest BCUT2D eigenvalue weighted by molar-refractivity contribution is 5.83. The van der Waals surface area contributed by atoms with Crippen LogP contribution >= 0.6 is 0 Å². The summed E-state index contributed by atoms with van der Waals surface area (Å²) in [6.07, 6.45) is 6.68. The van der Waals surface area contributed by atoms with Crippen LogP contribution in [0.25, 0.3) is 16.5 Å². The minimum atomic E-state index is -0.374. The summed E-state index contributed by atoms with van der Waals surface area (Å²) in [7, 11) is 1.84. The summed E-state index contributed by atoms with van der Waals surface area (Å²) in [5.74, 6) is 0.157. The van der Waals surface area contributed by atoms with Crippen molar-refractivity contribution >= 4 is 22.6 Å². The van der Waals surface area contributed by atoms with Crippen molar-refractivity contribution in [3.63, 3.8) is 0 Å². The number of hydrogen-bond acceptors (Lipinski definition) is 3. The molecular formula is C29H30N4O2. The van der Waals surface area contributed by atoms with Crippen LogP contribution in [0.2, 0.25) is 0 Å². The second kappa shape index (κ2) is 9.74. The fourth-order valence-electron chi connectivity index (χ4n) is 5.00. The highest BCUT2D eigenvalue weighted by Gasteiger charge is 2.38. The minimum Gasteiger partial charge on any atom is -0.350 e. The van der Waals surface area contributed by atoms with Crippen LogP contribution in [0.15, 0.2) is 85.2 Å². The lowest BCUT2D eigenvalue weighted by atomic mass is 9.84. The van der Waals surface area contributed by atoms with Gasteiger partial charge >= 0.3 is 0 Å². The fourth-order valence-corrected chi connectivity index (χ4v) is 5.00. The number of hydrogen-bond donors (Lipinski definition) is 1. The molecule has 0 saturated carbocycles. The van der Waals surface area contributed by atoms with Crippen molar-refractivity contribution in [2.24, 2.45) is 0 Å². The van der Waals surface area contributed by atoms with Crippen molar-refractivity contribution in [1.82, 2.24) is 20.0 Å². The topological polar surface area (TPSA) is 67.2 Å². The number of carbonyl (C=O) groups excluding carboxylic acids is 2. The first-order chi connectivity index (χ1) is 17.0. The Labute approximate surface area is 205 Å².